The van der Waals surface area contributed by atoms with Crippen molar-refractivity contribution in [2.45, 2.75) is 61.8 Å². The lowest BCUT2D eigenvalue weighted by molar-refractivity contribution is -0.00885. The predicted octanol–water partition coefficient (Wildman–Crippen LogP) is 3.11. The zero-order valence-corrected chi connectivity index (χ0v) is 16.5. The molecule has 1 fully saturated rings. The summed E-state index contributed by atoms with van der Waals surface area (Å²) in [5.41, 5.74) is 0.637. The Morgan fingerprint density at radius 3 is 2.70 bits per heavy atom. The molecular weight excluding hydrogens is 366 g/mol. The van der Waals surface area contributed by atoms with E-state index in [9.17, 15) is 4.79 Å². The molecule has 0 radical (unpaired) electrons. The first-order valence-electron chi connectivity index (χ1n) is 8.97. The quantitative estimate of drug-likeness (QED) is 0.755. The number of H-pyrrole nitrogens is 1. The highest BCUT2D eigenvalue weighted by Gasteiger charge is 2.32. The summed E-state index contributed by atoms with van der Waals surface area (Å²) >= 11 is 1.52. The maximum atomic E-state index is 12.0. The first kappa shape index (κ1) is 19.6. The number of rotatable bonds is 5. The van der Waals surface area contributed by atoms with E-state index in [0.717, 1.165) is 18.4 Å². The molecule has 0 spiro atoms. The van der Waals surface area contributed by atoms with Crippen LogP contribution in [0.4, 0.5) is 4.79 Å². The average Bonchev–Trinajstić information content (AvgIpc) is 3.13. The van der Waals surface area contributed by atoms with Crippen molar-refractivity contribution in [2.24, 2.45) is 0 Å². The minimum atomic E-state index is -0.512. The molecule has 1 saturated heterocycles. The minimum absolute atomic E-state index is 0.00686. The molecule has 1 aliphatic rings. The normalized spacial score (nSPS) is 21.4. The number of amides is 1. The standard InChI is InChI=1S/C18H25N5O3S/c1-18(2,3)26-17(24)19-13-9-10-14(25-11-13)15(12-7-5-4-6-8-12)27-16-20-22-23-21-16/h4-8,13-15H,9-11H2,1-3H3,(H,19,24)(H,20,21,22,23). The van der Waals surface area contributed by atoms with Crippen molar-refractivity contribution < 1.29 is 14.3 Å². The molecule has 0 bridgehead atoms. The van der Waals surface area contributed by atoms with E-state index in [4.69, 9.17) is 9.47 Å². The predicted molar refractivity (Wildman–Crippen MR) is 101 cm³/mol. The van der Waals surface area contributed by atoms with Crippen LogP contribution >= 0.6 is 11.8 Å². The molecular formula is C18H25N5O3S. The fourth-order valence-electron chi connectivity index (χ4n) is 2.92. The number of benzene rings is 1. The van der Waals surface area contributed by atoms with Gasteiger partial charge >= 0.3 is 6.09 Å². The molecule has 0 aliphatic carbocycles. The van der Waals surface area contributed by atoms with Crippen molar-refractivity contribution in [3.05, 3.63) is 35.9 Å². The van der Waals surface area contributed by atoms with Crippen LogP contribution in [0.5, 0.6) is 0 Å². The van der Waals surface area contributed by atoms with Gasteiger partial charge in [0.15, 0.2) is 0 Å². The third-order valence-electron chi connectivity index (χ3n) is 4.06. The largest absolute Gasteiger partial charge is 0.444 e. The fourth-order valence-corrected chi connectivity index (χ4v) is 3.98. The van der Waals surface area contributed by atoms with Crippen molar-refractivity contribution in [1.29, 1.82) is 0 Å². The number of aromatic amines is 1. The average molecular weight is 391 g/mol. The lowest BCUT2D eigenvalue weighted by Crippen LogP contribution is -2.45. The second kappa shape index (κ2) is 8.71. The Bertz CT molecular complexity index is 712. The molecule has 1 aromatic carbocycles. The molecule has 3 unspecified atom stereocenters. The molecule has 3 atom stereocenters. The van der Waals surface area contributed by atoms with Crippen molar-refractivity contribution in [3.63, 3.8) is 0 Å². The van der Waals surface area contributed by atoms with E-state index >= 15 is 0 Å². The van der Waals surface area contributed by atoms with Crippen LogP contribution in [0.1, 0.15) is 44.4 Å². The Balaban J connectivity index is 1.60. The second-order valence-corrected chi connectivity index (χ2v) is 8.54. The zero-order valence-electron chi connectivity index (χ0n) is 15.7. The maximum Gasteiger partial charge on any atom is 0.407 e. The number of ether oxygens (including phenoxy) is 2. The van der Waals surface area contributed by atoms with Gasteiger partial charge < -0.3 is 14.8 Å². The van der Waals surface area contributed by atoms with Crippen molar-refractivity contribution in [3.8, 4) is 0 Å². The summed E-state index contributed by atoms with van der Waals surface area (Å²) in [6.45, 7) is 5.98. The van der Waals surface area contributed by atoms with Crippen LogP contribution < -0.4 is 5.32 Å². The highest BCUT2D eigenvalue weighted by atomic mass is 32.2. The van der Waals surface area contributed by atoms with E-state index < -0.39 is 11.7 Å². The third-order valence-corrected chi connectivity index (χ3v) is 5.27. The molecule has 8 nitrogen and oxygen atoms in total. The van der Waals surface area contributed by atoms with Gasteiger partial charge in [0, 0.05) is 0 Å². The van der Waals surface area contributed by atoms with Crippen LogP contribution in [0.3, 0.4) is 0 Å². The number of nitrogens with zero attached hydrogens (tertiary/aromatic N) is 3. The Kier molecular flexibility index (Phi) is 6.33. The van der Waals surface area contributed by atoms with E-state index in [-0.39, 0.29) is 17.4 Å². The monoisotopic (exact) mass is 391 g/mol. The number of carbonyl (C=O) groups is 1. The summed E-state index contributed by atoms with van der Waals surface area (Å²) in [6, 6.07) is 10.1. The maximum absolute atomic E-state index is 12.0. The highest BCUT2D eigenvalue weighted by Crippen LogP contribution is 2.40. The molecule has 1 amide bonds. The highest BCUT2D eigenvalue weighted by molar-refractivity contribution is 7.99. The molecule has 3 rings (SSSR count). The van der Waals surface area contributed by atoms with Crippen molar-refractivity contribution >= 4 is 17.9 Å². The number of hydrogen-bond donors (Lipinski definition) is 2. The summed E-state index contributed by atoms with van der Waals surface area (Å²) in [5, 5.41) is 17.7. The van der Waals surface area contributed by atoms with Crippen LogP contribution in [-0.2, 0) is 9.47 Å². The number of thioether (sulfide) groups is 1. The third kappa shape index (κ3) is 5.93. The number of aromatic nitrogens is 4. The minimum Gasteiger partial charge on any atom is -0.444 e. The molecule has 0 saturated carbocycles. The van der Waals surface area contributed by atoms with E-state index in [0.29, 0.717) is 11.8 Å². The summed E-state index contributed by atoms with van der Waals surface area (Å²) in [6.07, 6.45) is 1.22. The van der Waals surface area contributed by atoms with Gasteiger partial charge in [0.2, 0.25) is 5.16 Å². The SMILES string of the molecule is CC(C)(C)OC(=O)NC1CCC(C(Sc2nn[nH]n2)c2ccccc2)OC1. The molecule has 1 aliphatic heterocycles. The lowest BCUT2D eigenvalue weighted by atomic mass is 9.98. The van der Waals surface area contributed by atoms with E-state index in [1.165, 1.54) is 11.8 Å². The van der Waals surface area contributed by atoms with Crippen LogP contribution in [0.25, 0.3) is 0 Å². The van der Waals surface area contributed by atoms with Crippen LogP contribution in [0.2, 0.25) is 0 Å². The van der Waals surface area contributed by atoms with Gasteiger partial charge in [-0.3, -0.25) is 0 Å². The molecule has 2 aromatic rings. The second-order valence-electron chi connectivity index (χ2n) is 7.44. The summed E-state index contributed by atoms with van der Waals surface area (Å²) in [4.78, 5) is 12.0. The molecule has 27 heavy (non-hydrogen) atoms. The first-order valence-corrected chi connectivity index (χ1v) is 9.85. The molecule has 9 heteroatoms. The van der Waals surface area contributed by atoms with Gasteiger partial charge in [-0.25, -0.2) is 4.79 Å². The summed E-state index contributed by atoms with van der Waals surface area (Å²) < 4.78 is 11.4. The van der Waals surface area contributed by atoms with Gasteiger partial charge in [-0.1, -0.05) is 42.1 Å². The topological polar surface area (TPSA) is 102 Å². The van der Waals surface area contributed by atoms with E-state index in [1.807, 2.05) is 39.0 Å². The summed E-state index contributed by atoms with van der Waals surface area (Å²) in [7, 11) is 0. The van der Waals surface area contributed by atoms with Crippen LogP contribution in [0.15, 0.2) is 35.5 Å². The van der Waals surface area contributed by atoms with Gasteiger partial charge in [0.1, 0.15) is 5.60 Å². The lowest BCUT2D eigenvalue weighted by Gasteiger charge is -2.34. The fraction of sp³-hybridized carbons (Fsp3) is 0.556. The number of tetrazole rings is 1. The van der Waals surface area contributed by atoms with Gasteiger partial charge in [0.25, 0.3) is 0 Å². The number of alkyl carbamates (subject to hydrolysis) is 1. The summed E-state index contributed by atoms with van der Waals surface area (Å²) in [5.74, 6) is 0. The van der Waals surface area contributed by atoms with Crippen LogP contribution in [0, 0.1) is 0 Å². The van der Waals surface area contributed by atoms with Crippen molar-refractivity contribution in [2.75, 3.05) is 6.61 Å². The smallest absolute Gasteiger partial charge is 0.407 e. The molecule has 2 N–H and O–H groups in total. The van der Waals surface area contributed by atoms with Crippen LogP contribution in [-0.4, -0.2) is 51.1 Å². The molecule has 146 valence electrons. The Morgan fingerprint density at radius 2 is 2.11 bits per heavy atom. The Labute approximate surface area is 162 Å². The van der Waals surface area contributed by atoms with E-state index in [1.54, 1.807) is 0 Å². The number of hydrogen-bond acceptors (Lipinski definition) is 7. The molecule has 2 heterocycles. The van der Waals surface area contributed by atoms with Gasteiger partial charge in [0.05, 0.1) is 24.0 Å². The first-order chi connectivity index (χ1) is 12.9. The van der Waals surface area contributed by atoms with Gasteiger partial charge in [-0.05, 0) is 44.4 Å². The zero-order chi connectivity index (χ0) is 19.3. The number of carbonyl (C=O) groups excluding carboxylic acids is 1. The molecule has 1 aromatic heterocycles. The Hall–Kier alpha value is -2.13. The van der Waals surface area contributed by atoms with Gasteiger partial charge in [-0.15, -0.1) is 10.2 Å². The van der Waals surface area contributed by atoms with Crippen molar-refractivity contribution in [1.82, 2.24) is 25.9 Å². The number of nitrogens with one attached hydrogen (secondary N) is 2. The Morgan fingerprint density at radius 1 is 1.33 bits per heavy atom. The van der Waals surface area contributed by atoms with E-state index in [2.05, 4.69) is 38.1 Å². The van der Waals surface area contributed by atoms with Gasteiger partial charge in [-0.2, -0.15) is 5.21 Å².